The molecule has 7 nitrogen and oxygen atoms in total. The number of carbonyl (C=O) groups excluding carboxylic acids is 3. The van der Waals surface area contributed by atoms with Gasteiger partial charge in [0, 0.05) is 22.8 Å². The average molecular weight is 506 g/mol. The monoisotopic (exact) mass is 505 g/mol. The number of hydrogen-bond donors (Lipinski definition) is 2. The molecule has 3 aromatic carbocycles. The molecule has 0 spiro atoms. The highest BCUT2D eigenvalue weighted by Gasteiger charge is 2.47. The Kier molecular flexibility index (Phi) is 7.90. The summed E-state index contributed by atoms with van der Waals surface area (Å²) in [7, 11) is 0. The van der Waals surface area contributed by atoms with Gasteiger partial charge in [0.2, 0.25) is 5.91 Å². The summed E-state index contributed by atoms with van der Waals surface area (Å²) in [6.07, 6.45) is -0.678. The minimum Gasteiger partial charge on any atom is -0.438 e. The van der Waals surface area contributed by atoms with Crippen LogP contribution in [0, 0.1) is 6.92 Å². The number of ether oxygens (including phenoxy) is 1. The summed E-state index contributed by atoms with van der Waals surface area (Å²) in [4.78, 5) is 40.2. The van der Waals surface area contributed by atoms with Crippen molar-refractivity contribution in [3.05, 3.63) is 100 Å². The second-order valence-corrected chi connectivity index (χ2v) is 9.18. The van der Waals surface area contributed by atoms with Crippen molar-refractivity contribution in [2.24, 2.45) is 0 Å². The Balaban J connectivity index is 1.59. The number of cyclic esters (lactones) is 1. The Morgan fingerprint density at radius 3 is 2.50 bits per heavy atom. The molecule has 8 heteroatoms. The first kappa shape index (κ1) is 25.3. The van der Waals surface area contributed by atoms with E-state index in [0.717, 1.165) is 17.5 Å². The lowest BCUT2D eigenvalue weighted by atomic mass is 10.00. The van der Waals surface area contributed by atoms with Gasteiger partial charge in [-0.1, -0.05) is 60.5 Å². The molecule has 1 aliphatic heterocycles. The first-order valence-corrected chi connectivity index (χ1v) is 12.2. The van der Waals surface area contributed by atoms with E-state index >= 15 is 0 Å². The Hall–Kier alpha value is -3.84. The van der Waals surface area contributed by atoms with Crippen LogP contribution in [0.25, 0.3) is 0 Å². The van der Waals surface area contributed by atoms with Crippen molar-refractivity contribution < 1.29 is 19.1 Å². The summed E-state index contributed by atoms with van der Waals surface area (Å²) in [5, 5.41) is 6.31. The minimum atomic E-state index is -0.883. The van der Waals surface area contributed by atoms with Crippen LogP contribution in [-0.2, 0) is 16.1 Å². The molecule has 0 aliphatic carbocycles. The first-order chi connectivity index (χ1) is 17.4. The van der Waals surface area contributed by atoms with Gasteiger partial charge in [0.1, 0.15) is 0 Å². The highest BCUT2D eigenvalue weighted by Crippen LogP contribution is 2.35. The highest BCUT2D eigenvalue weighted by atomic mass is 35.5. The second-order valence-electron chi connectivity index (χ2n) is 8.74. The molecule has 0 unspecified atom stereocenters. The Morgan fingerprint density at radius 1 is 1.03 bits per heavy atom. The molecule has 186 valence electrons. The van der Waals surface area contributed by atoms with Gasteiger partial charge in [-0.25, -0.2) is 4.79 Å². The van der Waals surface area contributed by atoms with Gasteiger partial charge in [0.15, 0.2) is 12.1 Å². The van der Waals surface area contributed by atoms with Crippen LogP contribution >= 0.6 is 11.6 Å². The summed E-state index contributed by atoms with van der Waals surface area (Å²) >= 11 is 6.12. The van der Waals surface area contributed by atoms with Gasteiger partial charge in [-0.05, 0) is 60.9 Å². The zero-order valence-electron chi connectivity index (χ0n) is 20.2. The molecule has 3 amide bonds. The number of benzene rings is 3. The van der Waals surface area contributed by atoms with E-state index in [2.05, 4.69) is 10.6 Å². The molecule has 1 aliphatic rings. The molecule has 1 heterocycles. The molecule has 0 bridgehead atoms. The molecule has 1 saturated heterocycles. The summed E-state index contributed by atoms with van der Waals surface area (Å²) in [6, 6.07) is 20.5. The number of carbonyl (C=O) groups is 3. The number of nitrogens with one attached hydrogen (secondary N) is 2. The summed E-state index contributed by atoms with van der Waals surface area (Å²) < 4.78 is 5.71. The molecule has 0 saturated carbocycles. The van der Waals surface area contributed by atoms with Gasteiger partial charge in [-0.3, -0.25) is 14.5 Å². The van der Waals surface area contributed by atoms with E-state index < -0.39 is 18.2 Å². The van der Waals surface area contributed by atoms with Gasteiger partial charge >= 0.3 is 6.09 Å². The van der Waals surface area contributed by atoms with Crippen molar-refractivity contribution in [2.45, 2.75) is 39.0 Å². The van der Waals surface area contributed by atoms with Crippen molar-refractivity contribution in [2.75, 3.05) is 11.9 Å². The zero-order chi connectivity index (χ0) is 25.7. The quantitative estimate of drug-likeness (QED) is 0.424. The number of hydrogen-bond acceptors (Lipinski definition) is 4. The summed E-state index contributed by atoms with van der Waals surface area (Å²) in [6.45, 7) is 4.56. The third-order valence-corrected chi connectivity index (χ3v) is 6.17. The van der Waals surface area contributed by atoms with Crippen LogP contribution in [0.5, 0.6) is 0 Å². The Labute approximate surface area is 215 Å². The number of aryl methyl sites for hydroxylation is 1. The smallest absolute Gasteiger partial charge is 0.411 e. The number of halogens is 1. The molecule has 4 rings (SSSR count). The molecule has 36 heavy (non-hydrogen) atoms. The van der Waals surface area contributed by atoms with E-state index in [1.165, 1.54) is 4.90 Å². The lowest BCUT2D eigenvalue weighted by molar-refractivity contribution is -0.126. The maximum atomic E-state index is 13.2. The van der Waals surface area contributed by atoms with E-state index in [1.807, 2.05) is 32.0 Å². The Bertz CT molecular complexity index is 1260. The predicted octanol–water partition coefficient (Wildman–Crippen LogP) is 5.49. The standard InChI is InChI=1S/C28H28ClN3O4/c1-3-14-30-27(34)24-25(36-28(35)32(24)17-19-6-4-8-22(29)15-19)21-7-5-9-23(16-21)31-26(33)20-12-10-18(2)11-13-20/h4-13,15-16,24-25H,3,14,17H2,1-2H3,(H,30,34)(H,31,33)/t24-,25-/m0/s1. The van der Waals surface area contributed by atoms with E-state index in [0.29, 0.717) is 28.4 Å². The van der Waals surface area contributed by atoms with Crippen molar-refractivity contribution in [1.29, 1.82) is 0 Å². The van der Waals surface area contributed by atoms with E-state index in [-0.39, 0.29) is 18.4 Å². The molecule has 1 fully saturated rings. The maximum Gasteiger partial charge on any atom is 0.411 e. The highest BCUT2D eigenvalue weighted by molar-refractivity contribution is 6.30. The third kappa shape index (κ3) is 5.86. The van der Waals surface area contributed by atoms with Crippen molar-refractivity contribution in [3.8, 4) is 0 Å². The number of anilines is 1. The van der Waals surface area contributed by atoms with Crippen LogP contribution in [0.3, 0.4) is 0 Å². The molecule has 0 radical (unpaired) electrons. The summed E-state index contributed by atoms with van der Waals surface area (Å²) in [5.41, 5.74) is 3.52. The molecular weight excluding hydrogens is 478 g/mol. The molecule has 0 aromatic heterocycles. The predicted molar refractivity (Wildman–Crippen MR) is 139 cm³/mol. The van der Waals surface area contributed by atoms with Gasteiger partial charge in [-0.2, -0.15) is 0 Å². The van der Waals surface area contributed by atoms with Gasteiger partial charge in [0.25, 0.3) is 5.91 Å². The summed E-state index contributed by atoms with van der Waals surface area (Å²) in [5.74, 6) is -0.556. The fourth-order valence-corrected chi connectivity index (χ4v) is 4.31. The van der Waals surface area contributed by atoms with E-state index in [9.17, 15) is 14.4 Å². The van der Waals surface area contributed by atoms with Crippen LogP contribution < -0.4 is 10.6 Å². The largest absolute Gasteiger partial charge is 0.438 e. The van der Waals surface area contributed by atoms with Crippen molar-refractivity contribution in [3.63, 3.8) is 0 Å². The van der Waals surface area contributed by atoms with E-state index in [4.69, 9.17) is 16.3 Å². The first-order valence-electron chi connectivity index (χ1n) is 11.8. The minimum absolute atomic E-state index is 0.171. The molecule has 3 aromatic rings. The van der Waals surface area contributed by atoms with E-state index in [1.54, 1.807) is 54.6 Å². The lowest BCUT2D eigenvalue weighted by Crippen LogP contribution is -2.46. The second kappa shape index (κ2) is 11.3. The third-order valence-electron chi connectivity index (χ3n) is 5.93. The topological polar surface area (TPSA) is 87.7 Å². The number of rotatable bonds is 8. The number of nitrogens with zero attached hydrogens (tertiary/aromatic N) is 1. The molecular formula is C28H28ClN3O4. The van der Waals surface area contributed by atoms with Crippen LogP contribution in [0.2, 0.25) is 5.02 Å². The number of amides is 3. The lowest BCUT2D eigenvalue weighted by Gasteiger charge is -2.24. The van der Waals surface area contributed by atoms with Crippen molar-refractivity contribution in [1.82, 2.24) is 10.2 Å². The Morgan fingerprint density at radius 2 is 1.78 bits per heavy atom. The molecule has 2 atom stereocenters. The van der Waals surface area contributed by atoms with Crippen LogP contribution in [0.15, 0.2) is 72.8 Å². The fourth-order valence-electron chi connectivity index (χ4n) is 4.10. The maximum absolute atomic E-state index is 13.2. The van der Waals surface area contributed by atoms with Gasteiger partial charge < -0.3 is 15.4 Å². The van der Waals surface area contributed by atoms with Crippen LogP contribution in [0.1, 0.15) is 46.5 Å². The van der Waals surface area contributed by atoms with Crippen LogP contribution in [-0.4, -0.2) is 35.4 Å². The van der Waals surface area contributed by atoms with Gasteiger partial charge in [-0.15, -0.1) is 0 Å². The fraction of sp³-hybridized carbons (Fsp3) is 0.250. The van der Waals surface area contributed by atoms with Gasteiger partial charge in [0.05, 0.1) is 6.54 Å². The van der Waals surface area contributed by atoms with Crippen molar-refractivity contribution >= 4 is 35.2 Å². The zero-order valence-corrected chi connectivity index (χ0v) is 20.9. The molecule has 2 N–H and O–H groups in total. The van der Waals surface area contributed by atoms with Crippen LogP contribution in [0.4, 0.5) is 10.5 Å². The normalized spacial score (nSPS) is 17.0. The SMILES string of the molecule is CCCNC(=O)[C@@H]1[C@H](c2cccc(NC(=O)c3ccc(C)cc3)c2)OC(=O)N1Cc1cccc(Cl)c1. The average Bonchev–Trinajstić information content (AvgIpc) is 3.19.